The third-order valence-corrected chi connectivity index (χ3v) is 6.67. The lowest BCUT2D eigenvalue weighted by molar-refractivity contribution is 0.0599. The van der Waals surface area contributed by atoms with E-state index in [1.165, 1.54) is 12.7 Å². The molecule has 0 amide bonds. The van der Waals surface area contributed by atoms with Gasteiger partial charge in [-0.05, 0) is 61.7 Å². The van der Waals surface area contributed by atoms with E-state index < -0.39 is 6.10 Å². The fourth-order valence-electron chi connectivity index (χ4n) is 4.81. The Morgan fingerprint density at radius 1 is 1.05 bits per heavy atom. The fourth-order valence-corrected chi connectivity index (χ4v) is 4.81. The number of piperidine rings is 1. The molecule has 0 bridgehead atoms. The molecule has 196 valence electrons. The average molecular weight is 530 g/mol. The zero-order valence-electron chi connectivity index (χ0n) is 20.3. The Balaban J connectivity index is 0.00000280. The molecule has 2 aromatic heterocycles. The summed E-state index contributed by atoms with van der Waals surface area (Å²) >= 11 is 0. The number of hydrogen-bond acceptors (Lipinski definition) is 10. The van der Waals surface area contributed by atoms with Crippen LogP contribution >= 0.6 is 12.4 Å². The van der Waals surface area contributed by atoms with Gasteiger partial charge < -0.3 is 37.8 Å². The number of methoxy groups -OCH3 is 1. The Kier molecular flexibility index (Phi) is 7.40. The number of aromatic nitrogens is 2. The molecule has 6 rings (SSSR count). The van der Waals surface area contributed by atoms with Gasteiger partial charge in [0.05, 0.1) is 12.5 Å². The first-order chi connectivity index (χ1) is 17.7. The second-order valence-electron chi connectivity index (χ2n) is 9.01. The molecule has 2 aromatic carbocycles. The van der Waals surface area contributed by atoms with Crippen LogP contribution in [0.1, 0.15) is 24.3 Å². The van der Waals surface area contributed by atoms with Gasteiger partial charge >= 0.3 is 6.08 Å². The molecule has 37 heavy (non-hydrogen) atoms. The molecule has 2 aliphatic rings. The predicted octanol–water partition coefficient (Wildman–Crippen LogP) is 4.26. The van der Waals surface area contributed by atoms with Crippen molar-refractivity contribution in [2.24, 2.45) is 0 Å². The topological polar surface area (TPSA) is 112 Å². The van der Waals surface area contributed by atoms with Crippen LogP contribution in [0.2, 0.25) is 0 Å². The van der Waals surface area contributed by atoms with Crippen LogP contribution in [0.25, 0.3) is 22.6 Å². The number of β-amino-alcohol motifs (C(OH)–C–C–N with tert-alkyl or cyclic N) is 1. The van der Waals surface area contributed by atoms with Crippen LogP contribution in [0, 0.1) is 0 Å². The van der Waals surface area contributed by atoms with E-state index in [2.05, 4.69) is 27.2 Å². The summed E-state index contributed by atoms with van der Waals surface area (Å²) < 4.78 is 33.1. The number of aliphatic hydroxyl groups is 1. The molecule has 1 fully saturated rings. The standard InChI is InChI=1S/C26H27N3O7.ClH/c1-31-26-28-27-25(36-26)24-12-19-20(3-2-4-21(19)35-24)32-14-18(30)13-29-9-7-16(8-10-29)17-5-6-22-23(11-17)34-15-33-22;/h2-6,11-12,16,18,30H,7-10,13-15H2,1H3;1H/t18-;/m0./s1. The molecule has 4 aromatic rings. The summed E-state index contributed by atoms with van der Waals surface area (Å²) in [5, 5.41) is 19.1. The van der Waals surface area contributed by atoms with Crippen molar-refractivity contribution in [1.82, 2.24) is 15.1 Å². The SMILES string of the molecule is COc1nnc(-c2cc3c(OC[C@@H](O)CN4CCC(c5ccc6c(c5)OCO6)CC4)cccc3o2)o1.Cl. The second-order valence-corrected chi connectivity index (χ2v) is 9.01. The molecular formula is C26H28ClN3O7. The summed E-state index contributed by atoms with van der Waals surface area (Å²) in [5.41, 5.74) is 1.91. The summed E-state index contributed by atoms with van der Waals surface area (Å²) in [4.78, 5) is 2.29. The van der Waals surface area contributed by atoms with Crippen LogP contribution in [0.4, 0.5) is 0 Å². The first kappa shape index (κ1) is 25.2. The summed E-state index contributed by atoms with van der Waals surface area (Å²) in [6.45, 7) is 2.87. The zero-order chi connectivity index (χ0) is 24.5. The van der Waals surface area contributed by atoms with Gasteiger partial charge in [-0.25, -0.2) is 0 Å². The normalized spacial score (nSPS) is 16.5. The Bertz CT molecular complexity index is 1350. The maximum Gasteiger partial charge on any atom is 0.414 e. The number of benzene rings is 2. The number of ether oxygens (including phenoxy) is 4. The van der Waals surface area contributed by atoms with Gasteiger partial charge in [0.2, 0.25) is 6.79 Å². The molecule has 1 N–H and O–H groups in total. The van der Waals surface area contributed by atoms with Crippen LogP contribution in [0.3, 0.4) is 0 Å². The maximum absolute atomic E-state index is 10.7. The number of nitrogens with zero attached hydrogens (tertiary/aromatic N) is 3. The van der Waals surface area contributed by atoms with E-state index in [1.54, 1.807) is 6.07 Å². The fraction of sp³-hybridized carbons (Fsp3) is 0.385. The quantitative estimate of drug-likeness (QED) is 0.355. The minimum absolute atomic E-state index is 0. The Morgan fingerprint density at radius 3 is 2.70 bits per heavy atom. The number of hydrogen-bond donors (Lipinski definition) is 1. The predicted molar refractivity (Wildman–Crippen MR) is 136 cm³/mol. The van der Waals surface area contributed by atoms with Crippen molar-refractivity contribution in [1.29, 1.82) is 0 Å². The lowest BCUT2D eigenvalue weighted by Gasteiger charge is -2.33. The van der Waals surface area contributed by atoms with Crippen molar-refractivity contribution in [2.75, 3.05) is 40.1 Å². The van der Waals surface area contributed by atoms with E-state index in [-0.39, 0.29) is 31.0 Å². The van der Waals surface area contributed by atoms with Gasteiger partial charge in [-0.2, -0.15) is 0 Å². The second kappa shape index (κ2) is 10.9. The van der Waals surface area contributed by atoms with Gasteiger partial charge in [0, 0.05) is 12.6 Å². The van der Waals surface area contributed by atoms with E-state index in [0.29, 0.717) is 36.3 Å². The van der Waals surface area contributed by atoms with Crippen LogP contribution in [-0.4, -0.2) is 66.5 Å². The molecule has 2 aliphatic heterocycles. The van der Waals surface area contributed by atoms with Crippen molar-refractivity contribution < 1.29 is 32.9 Å². The minimum atomic E-state index is -0.617. The van der Waals surface area contributed by atoms with Crippen molar-refractivity contribution in [3.8, 4) is 35.0 Å². The van der Waals surface area contributed by atoms with Gasteiger partial charge in [-0.15, -0.1) is 17.5 Å². The Morgan fingerprint density at radius 2 is 1.89 bits per heavy atom. The lowest BCUT2D eigenvalue weighted by atomic mass is 9.89. The van der Waals surface area contributed by atoms with Gasteiger partial charge in [0.15, 0.2) is 17.3 Å². The smallest absolute Gasteiger partial charge is 0.414 e. The highest BCUT2D eigenvalue weighted by Gasteiger charge is 2.24. The van der Waals surface area contributed by atoms with E-state index in [1.807, 2.05) is 24.3 Å². The number of fused-ring (bicyclic) bond motifs is 2. The molecule has 10 nitrogen and oxygen atoms in total. The number of halogens is 1. The highest BCUT2D eigenvalue weighted by molar-refractivity contribution is 5.87. The number of aliphatic hydroxyl groups excluding tert-OH is 1. The largest absolute Gasteiger partial charge is 0.490 e. The van der Waals surface area contributed by atoms with E-state index in [4.69, 9.17) is 27.8 Å². The van der Waals surface area contributed by atoms with Crippen molar-refractivity contribution in [3.63, 3.8) is 0 Å². The Labute approximate surface area is 219 Å². The molecule has 0 unspecified atom stereocenters. The lowest BCUT2D eigenvalue weighted by Crippen LogP contribution is -2.40. The summed E-state index contributed by atoms with van der Waals surface area (Å²) in [7, 11) is 1.45. The summed E-state index contributed by atoms with van der Waals surface area (Å²) in [5.74, 6) is 3.39. The molecule has 1 saturated heterocycles. The molecule has 4 heterocycles. The number of furan rings is 1. The Hall–Kier alpha value is -3.47. The van der Waals surface area contributed by atoms with Crippen molar-refractivity contribution in [2.45, 2.75) is 24.9 Å². The minimum Gasteiger partial charge on any atom is -0.490 e. The van der Waals surface area contributed by atoms with Gasteiger partial charge in [0.1, 0.15) is 24.0 Å². The number of rotatable bonds is 8. The number of likely N-dealkylation sites (tertiary alicyclic amines) is 1. The van der Waals surface area contributed by atoms with Crippen LogP contribution in [0.15, 0.2) is 51.3 Å². The van der Waals surface area contributed by atoms with Crippen LogP contribution in [-0.2, 0) is 0 Å². The molecule has 0 saturated carbocycles. The van der Waals surface area contributed by atoms with E-state index >= 15 is 0 Å². The molecule has 1 atom stereocenters. The third kappa shape index (κ3) is 5.31. The van der Waals surface area contributed by atoms with E-state index in [9.17, 15) is 5.11 Å². The molecule has 0 aliphatic carbocycles. The zero-order valence-corrected chi connectivity index (χ0v) is 21.1. The van der Waals surface area contributed by atoms with Gasteiger partial charge in [-0.3, -0.25) is 0 Å². The average Bonchev–Trinajstić information content (AvgIpc) is 3.66. The van der Waals surface area contributed by atoms with Crippen molar-refractivity contribution >= 4 is 23.4 Å². The van der Waals surface area contributed by atoms with Gasteiger partial charge in [-0.1, -0.05) is 17.2 Å². The molecular weight excluding hydrogens is 502 g/mol. The van der Waals surface area contributed by atoms with Crippen LogP contribution in [0.5, 0.6) is 23.3 Å². The van der Waals surface area contributed by atoms with E-state index in [0.717, 1.165) is 42.8 Å². The summed E-state index contributed by atoms with van der Waals surface area (Å²) in [6.07, 6.45) is 1.51. The monoisotopic (exact) mass is 529 g/mol. The van der Waals surface area contributed by atoms with Gasteiger partial charge in [0.25, 0.3) is 5.89 Å². The molecule has 11 heteroatoms. The highest BCUT2D eigenvalue weighted by atomic mass is 35.5. The first-order valence-corrected chi connectivity index (χ1v) is 12.0. The molecule has 0 spiro atoms. The highest BCUT2D eigenvalue weighted by Crippen LogP contribution is 2.37. The summed E-state index contributed by atoms with van der Waals surface area (Å²) in [6, 6.07) is 13.5. The third-order valence-electron chi connectivity index (χ3n) is 6.67. The van der Waals surface area contributed by atoms with Crippen molar-refractivity contribution in [3.05, 3.63) is 48.0 Å². The first-order valence-electron chi connectivity index (χ1n) is 12.0. The molecule has 0 radical (unpaired) electrons. The van der Waals surface area contributed by atoms with Crippen LogP contribution < -0.4 is 18.9 Å². The maximum atomic E-state index is 10.7.